The van der Waals surface area contributed by atoms with E-state index < -0.39 is 29.9 Å². The Labute approximate surface area is 177 Å². The van der Waals surface area contributed by atoms with Crippen LogP contribution in [0.2, 0.25) is 5.02 Å². The van der Waals surface area contributed by atoms with Gasteiger partial charge in [-0.1, -0.05) is 11.6 Å². The first kappa shape index (κ1) is 20.1. The maximum Gasteiger partial charge on any atom is 0.325 e. The lowest BCUT2D eigenvalue weighted by atomic mass is 9.92. The van der Waals surface area contributed by atoms with Gasteiger partial charge in [0.2, 0.25) is 5.91 Å². The Morgan fingerprint density at radius 1 is 1.20 bits per heavy atom. The van der Waals surface area contributed by atoms with Crippen molar-refractivity contribution in [3.63, 3.8) is 0 Å². The highest BCUT2D eigenvalue weighted by Crippen LogP contribution is 2.38. The first-order valence-corrected chi connectivity index (χ1v) is 9.67. The SMILES string of the molecule is Cc1cc(C2(C)NC(=O)N(CC(=O)Nc3cc4c(cc3Cl)OCCO4)C2=O)c(C)o1. The van der Waals surface area contributed by atoms with Crippen LogP contribution in [0, 0.1) is 13.8 Å². The average molecular weight is 434 g/mol. The number of hydrogen-bond donors (Lipinski definition) is 2. The minimum atomic E-state index is -1.31. The number of halogens is 1. The van der Waals surface area contributed by atoms with E-state index in [1.165, 1.54) is 0 Å². The van der Waals surface area contributed by atoms with Gasteiger partial charge in [0, 0.05) is 17.7 Å². The van der Waals surface area contributed by atoms with Crippen LogP contribution in [0.15, 0.2) is 22.6 Å². The van der Waals surface area contributed by atoms with Crippen molar-refractivity contribution >= 4 is 35.1 Å². The highest BCUT2D eigenvalue weighted by atomic mass is 35.5. The fourth-order valence-electron chi connectivity index (χ4n) is 3.64. The summed E-state index contributed by atoms with van der Waals surface area (Å²) in [6.45, 7) is 5.38. The number of rotatable bonds is 4. The van der Waals surface area contributed by atoms with Crippen LogP contribution < -0.4 is 20.1 Å². The van der Waals surface area contributed by atoms with E-state index in [1.807, 2.05) is 0 Å². The van der Waals surface area contributed by atoms with Gasteiger partial charge in [0.15, 0.2) is 11.5 Å². The lowest BCUT2D eigenvalue weighted by Crippen LogP contribution is -2.42. The van der Waals surface area contributed by atoms with E-state index in [0.29, 0.717) is 47.5 Å². The molecule has 30 heavy (non-hydrogen) atoms. The Balaban J connectivity index is 1.50. The summed E-state index contributed by atoms with van der Waals surface area (Å²) in [6, 6.07) is 4.12. The summed E-state index contributed by atoms with van der Waals surface area (Å²) in [4.78, 5) is 38.9. The average Bonchev–Trinajstić information content (AvgIpc) is 3.14. The van der Waals surface area contributed by atoms with Crippen LogP contribution in [-0.2, 0) is 15.1 Å². The summed E-state index contributed by atoms with van der Waals surface area (Å²) in [7, 11) is 0. The van der Waals surface area contributed by atoms with Gasteiger partial charge in [-0.3, -0.25) is 14.5 Å². The Bertz CT molecular complexity index is 1070. The maximum absolute atomic E-state index is 13.0. The van der Waals surface area contributed by atoms with Crippen LogP contribution in [0.4, 0.5) is 10.5 Å². The molecule has 1 fully saturated rings. The number of aryl methyl sites for hydroxylation is 2. The number of fused-ring (bicyclic) bond motifs is 1. The first-order chi connectivity index (χ1) is 14.2. The number of nitrogens with zero attached hydrogens (tertiary/aromatic N) is 1. The summed E-state index contributed by atoms with van der Waals surface area (Å²) in [5, 5.41) is 5.52. The monoisotopic (exact) mass is 433 g/mol. The van der Waals surface area contributed by atoms with E-state index in [-0.39, 0.29) is 5.02 Å². The standard InChI is InChI=1S/C20H20ClN3O6/c1-10-6-12(11(2)30-10)20(3)18(26)24(19(27)23-20)9-17(25)22-14-8-16-15(7-13(14)21)28-4-5-29-16/h6-8H,4-5,9H2,1-3H3,(H,22,25)(H,23,27). The smallest absolute Gasteiger partial charge is 0.325 e. The van der Waals surface area contributed by atoms with E-state index in [4.69, 9.17) is 25.5 Å². The van der Waals surface area contributed by atoms with Gasteiger partial charge in [0.05, 0.1) is 10.7 Å². The van der Waals surface area contributed by atoms with Crippen LogP contribution in [0.3, 0.4) is 0 Å². The number of ether oxygens (including phenoxy) is 2. The predicted molar refractivity (Wildman–Crippen MR) is 107 cm³/mol. The summed E-state index contributed by atoms with van der Waals surface area (Å²) < 4.78 is 16.4. The maximum atomic E-state index is 13.0. The highest BCUT2D eigenvalue weighted by Gasteiger charge is 2.51. The van der Waals surface area contributed by atoms with Gasteiger partial charge in [-0.05, 0) is 26.8 Å². The van der Waals surface area contributed by atoms with Crippen molar-refractivity contribution in [3.05, 3.63) is 40.3 Å². The lowest BCUT2D eigenvalue weighted by molar-refractivity contribution is -0.133. The number of carbonyl (C=O) groups excluding carboxylic acids is 3. The molecule has 0 radical (unpaired) electrons. The molecule has 4 amide bonds. The van der Waals surface area contributed by atoms with Crippen molar-refractivity contribution < 1.29 is 28.3 Å². The molecule has 2 aromatic rings. The normalized spacial score (nSPS) is 20.3. The molecular formula is C20H20ClN3O6. The molecule has 0 spiro atoms. The van der Waals surface area contributed by atoms with E-state index in [2.05, 4.69) is 10.6 Å². The molecule has 0 bridgehead atoms. The number of anilines is 1. The molecule has 1 aromatic carbocycles. The number of benzene rings is 1. The van der Waals surface area contributed by atoms with Crippen LogP contribution in [0.1, 0.15) is 24.0 Å². The van der Waals surface area contributed by atoms with Crippen LogP contribution >= 0.6 is 11.6 Å². The molecular weight excluding hydrogens is 414 g/mol. The third kappa shape index (κ3) is 3.35. The van der Waals surface area contributed by atoms with Crippen LogP contribution in [-0.4, -0.2) is 42.5 Å². The van der Waals surface area contributed by atoms with Crippen molar-refractivity contribution in [2.75, 3.05) is 25.1 Å². The summed E-state index contributed by atoms with van der Waals surface area (Å²) >= 11 is 6.20. The molecule has 1 atom stereocenters. The third-order valence-corrected chi connectivity index (χ3v) is 5.38. The molecule has 10 heteroatoms. The van der Waals surface area contributed by atoms with E-state index in [0.717, 1.165) is 4.90 Å². The molecule has 158 valence electrons. The molecule has 3 heterocycles. The molecule has 2 aliphatic rings. The highest BCUT2D eigenvalue weighted by molar-refractivity contribution is 6.34. The summed E-state index contributed by atoms with van der Waals surface area (Å²) in [5.41, 5.74) is -0.466. The number of nitrogens with one attached hydrogen (secondary N) is 2. The van der Waals surface area contributed by atoms with E-state index in [1.54, 1.807) is 39.0 Å². The molecule has 2 aliphatic heterocycles. The summed E-state index contributed by atoms with van der Waals surface area (Å²) in [5.74, 6) is 0.962. The molecule has 1 saturated heterocycles. The van der Waals surface area contributed by atoms with Gasteiger partial charge < -0.3 is 24.5 Å². The van der Waals surface area contributed by atoms with Crippen molar-refractivity contribution in [1.82, 2.24) is 10.2 Å². The number of furan rings is 1. The van der Waals surface area contributed by atoms with Crippen molar-refractivity contribution in [2.24, 2.45) is 0 Å². The minimum absolute atomic E-state index is 0.249. The topological polar surface area (TPSA) is 110 Å². The second-order valence-corrected chi connectivity index (χ2v) is 7.70. The zero-order chi connectivity index (χ0) is 21.6. The fraction of sp³-hybridized carbons (Fsp3) is 0.350. The second kappa shape index (κ2) is 7.24. The molecule has 9 nitrogen and oxygen atoms in total. The van der Waals surface area contributed by atoms with Gasteiger partial charge in [-0.25, -0.2) is 4.79 Å². The number of hydrogen-bond acceptors (Lipinski definition) is 6. The largest absolute Gasteiger partial charge is 0.486 e. The molecule has 1 unspecified atom stereocenters. The fourth-order valence-corrected chi connectivity index (χ4v) is 3.84. The van der Waals surface area contributed by atoms with Crippen molar-refractivity contribution in [3.8, 4) is 11.5 Å². The van der Waals surface area contributed by atoms with E-state index >= 15 is 0 Å². The molecule has 0 saturated carbocycles. The Morgan fingerprint density at radius 2 is 1.87 bits per heavy atom. The van der Waals surface area contributed by atoms with Crippen molar-refractivity contribution in [2.45, 2.75) is 26.3 Å². The quantitative estimate of drug-likeness (QED) is 0.717. The lowest BCUT2D eigenvalue weighted by Gasteiger charge is -2.21. The molecule has 0 aliphatic carbocycles. The number of amides is 4. The Kier molecular flexibility index (Phi) is 4.85. The molecule has 2 N–H and O–H groups in total. The van der Waals surface area contributed by atoms with Crippen LogP contribution in [0.5, 0.6) is 11.5 Å². The summed E-state index contributed by atoms with van der Waals surface area (Å²) in [6.07, 6.45) is 0. The van der Waals surface area contributed by atoms with Gasteiger partial charge in [0.1, 0.15) is 36.8 Å². The minimum Gasteiger partial charge on any atom is -0.486 e. The van der Waals surface area contributed by atoms with Crippen LogP contribution in [0.25, 0.3) is 0 Å². The zero-order valence-electron chi connectivity index (χ0n) is 16.6. The molecule has 4 rings (SSSR count). The van der Waals surface area contributed by atoms with Gasteiger partial charge in [0.25, 0.3) is 5.91 Å². The second-order valence-electron chi connectivity index (χ2n) is 7.30. The number of urea groups is 1. The Hall–Kier alpha value is -3.20. The van der Waals surface area contributed by atoms with Gasteiger partial charge in [-0.15, -0.1) is 0 Å². The number of imide groups is 1. The van der Waals surface area contributed by atoms with Gasteiger partial charge in [-0.2, -0.15) is 0 Å². The number of carbonyl (C=O) groups is 3. The Morgan fingerprint density at radius 3 is 2.50 bits per heavy atom. The van der Waals surface area contributed by atoms with E-state index in [9.17, 15) is 14.4 Å². The molecule has 1 aromatic heterocycles. The first-order valence-electron chi connectivity index (χ1n) is 9.29. The zero-order valence-corrected chi connectivity index (χ0v) is 17.4. The third-order valence-electron chi connectivity index (χ3n) is 5.06. The van der Waals surface area contributed by atoms with Crippen molar-refractivity contribution in [1.29, 1.82) is 0 Å². The van der Waals surface area contributed by atoms with Gasteiger partial charge >= 0.3 is 6.03 Å². The predicted octanol–water partition coefficient (Wildman–Crippen LogP) is 2.73.